The van der Waals surface area contributed by atoms with Gasteiger partial charge in [0.05, 0.1) is 6.61 Å². The highest BCUT2D eigenvalue weighted by atomic mass is 16.3. The van der Waals surface area contributed by atoms with Crippen LogP contribution in [0.15, 0.2) is 24.3 Å². The number of anilines is 1. The normalized spacial score (nSPS) is 17.3. The quantitative estimate of drug-likeness (QED) is 0.833. The summed E-state index contributed by atoms with van der Waals surface area (Å²) >= 11 is 0. The van der Waals surface area contributed by atoms with E-state index in [-0.39, 0.29) is 12.4 Å². The maximum atomic E-state index is 11.7. The molecule has 0 bridgehead atoms. The summed E-state index contributed by atoms with van der Waals surface area (Å²) in [5.41, 5.74) is 1.85. The first kappa shape index (κ1) is 14.0. The minimum Gasteiger partial charge on any atom is -0.395 e. The Morgan fingerprint density at radius 3 is 2.74 bits per heavy atom. The molecule has 1 aromatic carbocycles. The van der Waals surface area contributed by atoms with Gasteiger partial charge in [-0.2, -0.15) is 0 Å². The fourth-order valence-corrected chi connectivity index (χ4v) is 2.62. The van der Waals surface area contributed by atoms with Crippen LogP contribution in [0.3, 0.4) is 0 Å². The van der Waals surface area contributed by atoms with E-state index in [1.165, 1.54) is 0 Å². The number of carbonyl (C=O) groups is 1. The van der Waals surface area contributed by atoms with Gasteiger partial charge in [0.25, 0.3) is 0 Å². The third-order valence-corrected chi connectivity index (χ3v) is 3.63. The van der Waals surface area contributed by atoms with E-state index in [0.29, 0.717) is 0 Å². The van der Waals surface area contributed by atoms with E-state index in [9.17, 15) is 4.79 Å². The number of para-hydroxylation sites is 1. The molecule has 4 heteroatoms. The van der Waals surface area contributed by atoms with Crippen LogP contribution in [0, 0.1) is 0 Å². The highest BCUT2D eigenvalue weighted by Crippen LogP contribution is 2.22. The van der Waals surface area contributed by atoms with Crippen LogP contribution in [0.2, 0.25) is 0 Å². The highest BCUT2D eigenvalue weighted by Gasteiger charge is 2.17. The second kappa shape index (κ2) is 6.68. The molecular formula is C15H22N2O2. The lowest BCUT2D eigenvalue weighted by atomic mass is 10.1. The Kier molecular flexibility index (Phi) is 4.93. The van der Waals surface area contributed by atoms with Crippen LogP contribution in [-0.2, 0) is 0 Å². The topological polar surface area (TPSA) is 43.8 Å². The average molecular weight is 262 g/mol. The highest BCUT2D eigenvalue weighted by molar-refractivity contribution is 5.99. The van der Waals surface area contributed by atoms with E-state index in [2.05, 4.69) is 9.80 Å². The van der Waals surface area contributed by atoms with Crippen LogP contribution < -0.4 is 4.90 Å². The van der Waals surface area contributed by atoms with E-state index in [1.54, 1.807) is 6.92 Å². The maximum Gasteiger partial charge on any atom is 0.161 e. The van der Waals surface area contributed by atoms with E-state index in [1.807, 2.05) is 24.3 Å². The molecule has 1 aliphatic heterocycles. The van der Waals surface area contributed by atoms with E-state index >= 15 is 0 Å². The fourth-order valence-electron chi connectivity index (χ4n) is 2.62. The molecule has 2 rings (SSSR count). The van der Waals surface area contributed by atoms with Crippen LogP contribution in [-0.4, -0.2) is 55.1 Å². The Morgan fingerprint density at radius 2 is 2.00 bits per heavy atom. The zero-order chi connectivity index (χ0) is 13.7. The van der Waals surface area contributed by atoms with Crippen molar-refractivity contribution in [1.82, 2.24) is 4.90 Å². The number of hydrogen-bond acceptors (Lipinski definition) is 4. The molecule has 1 aromatic rings. The Hall–Kier alpha value is -1.39. The van der Waals surface area contributed by atoms with Gasteiger partial charge in [0.2, 0.25) is 0 Å². The lowest BCUT2D eigenvalue weighted by Gasteiger charge is -2.25. The molecule has 0 spiro atoms. The molecule has 0 radical (unpaired) electrons. The summed E-state index contributed by atoms with van der Waals surface area (Å²) in [6.45, 7) is 6.39. The molecule has 1 N–H and O–H groups in total. The van der Waals surface area contributed by atoms with Gasteiger partial charge in [0.1, 0.15) is 0 Å². The van der Waals surface area contributed by atoms with Crippen molar-refractivity contribution < 1.29 is 9.90 Å². The van der Waals surface area contributed by atoms with Crippen molar-refractivity contribution in [2.75, 3.05) is 44.2 Å². The molecule has 19 heavy (non-hydrogen) atoms. The molecule has 104 valence electrons. The van der Waals surface area contributed by atoms with Crippen LogP contribution >= 0.6 is 0 Å². The van der Waals surface area contributed by atoms with Crippen LogP contribution in [0.1, 0.15) is 23.7 Å². The molecule has 1 saturated heterocycles. The monoisotopic (exact) mass is 262 g/mol. The lowest BCUT2D eigenvalue weighted by Crippen LogP contribution is -2.32. The zero-order valence-corrected chi connectivity index (χ0v) is 11.5. The number of nitrogens with zero attached hydrogens (tertiary/aromatic N) is 2. The molecule has 1 aliphatic rings. The van der Waals surface area contributed by atoms with Gasteiger partial charge in [-0.3, -0.25) is 9.69 Å². The minimum absolute atomic E-state index is 0.118. The smallest absolute Gasteiger partial charge is 0.161 e. The number of ketones is 1. The second-order valence-electron chi connectivity index (χ2n) is 4.98. The summed E-state index contributed by atoms with van der Waals surface area (Å²) in [4.78, 5) is 16.3. The maximum absolute atomic E-state index is 11.7. The lowest BCUT2D eigenvalue weighted by molar-refractivity contribution is 0.101. The number of aliphatic hydroxyl groups excluding tert-OH is 1. The van der Waals surface area contributed by atoms with E-state index < -0.39 is 0 Å². The predicted octanol–water partition coefficient (Wildman–Crippen LogP) is 1.39. The first-order chi connectivity index (χ1) is 9.22. The number of carbonyl (C=O) groups excluding carboxylic acids is 1. The molecule has 0 aromatic heterocycles. The Labute approximate surface area is 114 Å². The molecule has 0 saturated carbocycles. The second-order valence-corrected chi connectivity index (χ2v) is 4.98. The Bertz CT molecular complexity index is 434. The molecule has 1 fully saturated rings. The Morgan fingerprint density at radius 1 is 1.21 bits per heavy atom. The van der Waals surface area contributed by atoms with Gasteiger partial charge in [-0.05, 0) is 32.0 Å². The minimum atomic E-state index is 0.118. The predicted molar refractivity (Wildman–Crippen MR) is 76.8 cm³/mol. The number of β-amino-alcohol motifs (C(OH)–C–C–N with tert-alkyl or cyclic N) is 1. The van der Waals surface area contributed by atoms with Gasteiger partial charge in [-0.25, -0.2) is 0 Å². The van der Waals surface area contributed by atoms with Crippen LogP contribution in [0.25, 0.3) is 0 Å². The number of Topliss-reactive ketones (excluding diaryl/α,β-unsaturated/α-hetero) is 1. The summed E-state index contributed by atoms with van der Waals surface area (Å²) in [5, 5.41) is 9.01. The zero-order valence-electron chi connectivity index (χ0n) is 11.5. The first-order valence-electron chi connectivity index (χ1n) is 6.90. The molecule has 1 heterocycles. The van der Waals surface area contributed by atoms with Crippen molar-refractivity contribution in [2.45, 2.75) is 13.3 Å². The molecule has 0 amide bonds. The van der Waals surface area contributed by atoms with Gasteiger partial charge in [-0.15, -0.1) is 0 Å². The van der Waals surface area contributed by atoms with Crippen LogP contribution in [0.5, 0.6) is 0 Å². The van der Waals surface area contributed by atoms with Gasteiger partial charge in [-0.1, -0.05) is 12.1 Å². The number of benzene rings is 1. The van der Waals surface area contributed by atoms with Crippen molar-refractivity contribution in [2.24, 2.45) is 0 Å². The van der Waals surface area contributed by atoms with E-state index in [0.717, 1.165) is 50.4 Å². The first-order valence-corrected chi connectivity index (χ1v) is 6.90. The Balaban J connectivity index is 2.12. The summed E-state index contributed by atoms with van der Waals surface area (Å²) in [5.74, 6) is 0.118. The molecule has 4 nitrogen and oxygen atoms in total. The van der Waals surface area contributed by atoms with Crippen molar-refractivity contribution >= 4 is 11.5 Å². The van der Waals surface area contributed by atoms with Crippen molar-refractivity contribution in [3.63, 3.8) is 0 Å². The summed E-state index contributed by atoms with van der Waals surface area (Å²) in [7, 11) is 0. The standard InChI is InChI=1S/C15H22N2O2/c1-13(19)14-5-2-3-6-15(14)17-8-4-7-16(9-10-17)11-12-18/h2-3,5-6,18H,4,7-12H2,1H3. The number of hydrogen-bond donors (Lipinski definition) is 1. The van der Waals surface area contributed by atoms with Gasteiger partial charge < -0.3 is 10.0 Å². The molecular weight excluding hydrogens is 240 g/mol. The van der Waals surface area contributed by atoms with Crippen molar-refractivity contribution in [3.05, 3.63) is 29.8 Å². The third kappa shape index (κ3) is 3.55. The summed E-state index contributed by atoms with van der Waals surface area (Å²) < 4.78 is 0. The third-order valence-electron chi connectivity index (χ3n) is 3.63. The van der Waals surface area contributed by atoms with Crippen molar-refractivity contribution in [1.29, 1.82) is 0 Å². The number of aliphatic hydroxyl groups is 1. The van der Waals surface area contributed by atoms with Gasteiger partial charge >= 0.3 is 0 Å². The SMILES string of the molecule is CC(=O)c1ccccc1N1CCCN(CCO)CC1. The van der Waals surface area contributed by atoms with Gasteiger partial charge in [0, 0.05) is 37.4 Å². The largest absolute Gasteiger partial charge is 0.395 e. The van der Waals surface area contributed by atoms with E-state index in [4.69, 9.17) is 5.11 Å². The average Bonchev–Trinajstić information content (AvgIpc) is 2.65. The molecule has 0 unspecified atom stereocenters. The van der Waals surface area contributed by atoms with Crippen LogP contribution in [0.4, 0.5) is 5.69 Å². The van der Waals surface area contributed by atoms with Crippen molar-refractivity contribution in [3.8, 4) is 0 Å². The molecule has 0 atom stereocenters. The fraction of sp³-hybridized carbons (Fsp3) is 0.533. The van der Waals surface area contributed by atoms with Gasteiger partial charge in [0.15, 0.2) is 5.78 Å². The number of rotatable bonds is 4. The summed E-state index contributed by atoms with van der Waals surface area (Å²) in [6.07, 6.45) is 1.06. The molecule has 0 aliphatic carbocycles. The summed E-state index contributed by atoms with van der Waals surface area (Å²) in [6, 6.07) is 7.82.